The molecule has 0 saturated carbocycles. The summed E-state index contributed by atoms with van der Waals surface area (Å²) in [6.45, 7) is 5.27. The molecule has 0 aliphatic carbocycles. The van der Waals surface area contributed by atoms with Crippen LogP contribution in [0.4, 0.5) is 11.5 Å². The Labute approximate surface area is 210 Å². The number of carbonyl (C=O) groups excluding carboxylic acids is 2. The second-order valence-electron chi connectivity index (χ2n) is 9.98. The topological polar surface area (TPSA) is 92.1 Å². The molecule has 1 unspecified atom stereocenters. The maximum atomic E-state index is 12.2. The molecule has 1 aromatic carbocycles. The zero-order valence-corrected chi connectivity index (χ0v) is 20.9. The lowest BCUT2D eigenvalue weighted by Gasteiger charge is -2.33. The molecule has 2 amide bonds. The van der Waals surface area contributed by atoms with Crippen molar-refractivity contribution >= 4 is 35.1 Å². The van der Waals surface area contributed by atoms with Crippen molar-refractivity contribution in [2.24, 2.45) is 4.99 Å². The van der Waals surface area contributed by atoms with Gasteiger partial charge in [0.15, 0.2) is 5.82 Å². The van der Waals surface area contributed by atoms with Crippen molar-refractivity contribution in [3.05, 3.63) is 46.7 Å². The number of likely N-dealkylation sites (N-methyl/N-ethyl adjacent to an activating group) is 1. The molecule has 9 heteroatoms. The summed E-state index contributed by atoms with van der Waals surface area (Å²) in [6, 6.07) is 6.51. The Bertz CT molecular complexity index is 1270. The molecule has 1 atom stereocenters. The summed E-state index contributed by atoms with van der Waals surface area (Å²) in [6.07, 6.45) is 7.39. The van der Waals surface area contributed by atoms with Crippen molar-refractivity contribution in [1.29, 1.82) is 0 Å². The summed E-state index contributed by atoms with van der Waals surface area (Å²) < 4.78 is 7.64. The molecule has 9 nitrogen and oxygen atoms in total. The number of rotatable bonds is 4. The molecule has 1 fully saturated rings. The van der Waals surface area contributed by atoms with Gasteiger partial charge in [0.2, 0.25) is 11.8 Å². The van der Waals surface area contributed by atoms with Crippen LogP contribution in [0.5, 0.6) is 0 Å². The number of benzene rings is 1. The Morgan fingerprint density at radius 1 is 1.17 bits per heavy atom. The minimum Gasteiger partial charge on any atom is -0.377 e. The molecule has 4 aliphatic rings. The largest absolute Gasteiger partial charge is 0.377 e. The highest BCUT2D eigenvalue weighted by molar-refractivity contribution is 6.11. The molecule has 2 aromatic rings. The van der Waals surface area contributed by atoms with E-state index in [-0.39, 0.29) is 23.9 Å². The number of dihydropyridines is 1. The first-order chi connectivity index (χ1) is 17.5. The number of allylic oxidation sites excluding steroid dienone is 1. The van der Waals surface area contributed by atoms with Gasteiger partial charge in [0.05, 0.1) is 25.8 Å². The third-order valence-corrected chi connectivity index (χ3v) is 7.77. The number of aliphatic imine (C=N–C) groups is 1. The molecule has 1 N–H and O–H groups in total. The Balaban J connectivity index is 1.32. The molecule has 1 aromatic heterocycles. The highest BCUT2D eigenvalue weighted by Gasteiger charge is 2.34. The number of fused-ring (bicyclic) bond motifs is 2. The third-order valence-electron chi connectivity index (χ3n) is 7.77. The lowest BCUT2D eigenvalue weighted by Crippen LogP contribution is -2.37. The van der Waals surface area contributed by atoms with Crippen LogP contribution in [-0.4, -0.2) is 72.1 Å². The van der Waals surface area contributed by atoms with Crippen molar-refractivity contribution in [1.82, 2.24) is 20.0 Å². The predicted molar refractivity (Wildman–Crippen MR) is 138 cm³/mol. The normalized spacial score (nSPS) is 21.4. The van der Waals surface area contributed by atoms with Gasteiger partial charge < -0.3 is 19.9 Å². The molecule has 0 spiro atoms. The number of ether oxygens (including phenoxy) is 1. The van der Waals surface area contributed by atoms with E-state index in [1.165, 1.54) is 22.5 Å². The summed E-state index contributed by atoms with van der Waals surface area (Å²) in [4.78, 5) is 32.8. The summed E-state index contributed by atoms with van der Waals surface area (Å²) >= 11 is 0. The number of aromatic nitrogens is 2. The molecule has 0 bridgehead atoms. The highest BCUT2D eigenvalue weighted by atomic mass is 16.5. The van der Waals surface area contributed by atoms with Crippen molar-refractivity contribution < 1.29 is 14.3 Å². The van der Waals surface area contributed by atoms with E-state index in [0.717, 1.165) is 49.3 Å². The van der Waals surface area contributed by atoms with Gasteiger partial charge in [-0.1, -0.05) is 12.1 Å². The van der Waals surface area contributed by atoms with Gasteiger partial charge in [-0.05, 0) is 48.1 Å². The average molecular weight is 489 g/mol. The maximum absolute atomic E-state index is 12.2. The number of hydrogen-bond acceptors (Lipinski definition) is 6. The number of aryl methyl sites for hydroxylation is 1. The van der Waals surface area contributed by atoms with E-state index in [9.17, 15) is 9.59 Å². The minimum atomic E-state index is -0.344. The van der Waals surface area contributed by atoms with E-state index in [4.69, 9.17) is 9.84 Å². The van der Waals surface area contributed by atoms with E-state index in [0.29, 0.717) is 26.2 Å². The number of carbonyl (C=O) groups is 2. The average Bonchev–Trinajstić information content (AvgIpc) is 3.24. The standard InChI is InChI=1S/C27H32N6O3/c1-17(34)31-11-9-25-22(14-31)26(30-33(25)21-15-36-16-21)32-10-3-4-19-12-18(6-8-24(19)32)20-5-7-23(29-13-20)27(35)28-2/h5-6,8,12-13,21,23H,3-4,7,9-11,14-16H2,1-2H3,(H,28,35). The fourth-order valence-corrected chi connectivity index (χ4v) is 5.63. The monoisotopic (exact) mass is 488 g/mol. The molecule has 5 heterocycles. The van der Waals surface area contributed by atoms with Gasteiger partial charge in [-0.15, -0.1) is 0 Å². The number of nitrogens with zero attached hydrogens (tertiary/aromatic N) is 5. The molecule has 188 valence electrons. The first-order valence-electron chi connectivity index (χ1n) is 12.8. The Kier molecular flexibility index (Phi) is 5.87. The zero-order chi connectivity index (χ0) is 24.8. The van der Waals surface area contributed by atoms with Crippen molar-refractivity contribution in [2.75, 3.05) is 38.3 Å². The van der Waals surface area contributed by atoms with Crippen LogP contribution in [-0.2, 0) is 33.7 Å². The van der Waals surface area contributed by atoms with Crippen molar-refractivity contribution in [3.63, 3.8) is 0 Å². The van der Waals surface area contributed by atoms with Gasteiger partial charge in [0, 0.05) is 56.6 Å². The van der Waals surface area contributed by atoms with E-state index >= 15 is 0 Å². The van der Waals surface area contributed by atoms with Gasteiger partial charge in [-0.2, -0.15) is 5.10 Å². The molecule has 6 rings (SSSR count). The van der Waals surface area contributed by atoms with Gasteiger partial charge >= 0.3 is 0 Å². The molecular formula is C27H32N6O3. The maximum Gasteiger partial charge on any atom is 0.244 e. The number of amides is 2. The summed E-state index contributed by atoms with van der Waals surface area (Å²) in [5.41, 5.74) is 7.06. The van der Waals surface area contributed by atoms with E-state index in [2.05, 4.69) is 44.2 Å². The van der Waals surface area contributed by atoms with Crippen LogP contribution in [0, 0.1) is 0 Å². The van der Waals surface area contributed by atoms with Gasteiger partial charge in [0.1, 0.15) is 6.04 Å². The van der Waals surface area contributed by atoms with Gasteiger partial charge in [-0.3, -0.25) is 19.3 Å². The fourth-order valence-electron chi connectivity index (χ4n) is 5.63. The zero-order valence-electron chi connectivity index (χ0n) is 20.9. The van der Waals surface area contributed by atoms with Crippen LogP contribution in [0.15, 0.2) is 29.3 Å². The second kappa shape index (κ2) is 9.20. The molecule has 0 radical (unpaired) electrons. The molecule has 4 aliphatic heterocycles. The lowest BCUT2D eigenvalue weighted by atomic mass is 9.94. The van der Waals surface area contributed by atoms with Crippen LogP contribution in [0.3, 0.4) is 0 Å². The predicted octanol–water partition coefficient (Wildman–Crippen LogP) is 2.42. The summed E-state index contributed by atoms with van der Waals surface area (Å²) in [5.74, 6) is 1.03. The summed E-state index contributed by atoms with van der Waals surface area (Å²) in [5, 5.41) is 7.80. The van der Waals surface area contributed by atoms with Gasteiger partial charge in [0.25, 0.3) is 0 Å². The van der Waals surface area contributed by atoms with Crippen LogP contribution in [0.25, 0.3) is 5.57 Å². The van der Waals surface area contributed by atoms with Crippen LogP contribution in [0.1, 0.15) is 48.2 Å². The smallest absolute Gasteiger partial charge is 0.244 e. The molecule has 1 saturated heterocycles. The van der Waals surface area contributed by atoms with Crippen LogP contribution >= 0.6 is 0 Å². The summed E-state index contributed by atoms with van der Waals surface area (Å²) in [7, 11) is 1.64. The number of hydrogen-bond donors (Lipinski definition) is 1. The first-order valence-corrected chi connectivity index (χ1v) is 12.8. The van der Waals surface area contributed by atoms with Crippen LogP contribution in [0.2, 0.25) is 0 Å². The second-order valence-corrected chi connectivity index (χ2v) is 9.98. The molecule has 36 heavy (non-hydrogen) atoms. The highest BCUT2D eigenvalue weighted by Crippen LogP contribution is 2.40. The lowest BCUT2D eigenvalue weighted by molar-refractivity contribution is -0.129. The number of nitrogens with one attached hydrogen (secondary N) is 1. The van der Waals surface area contributed by atoms with E-state index in [1.807, 2.05) is 11.1 Å². The third kappa shape index (κ3) is 3.91. The first kappa shape index (κ1) is 23.0. The minimum absolute atomic E-state index is 0.0535. The fraction of sp³-hybridized carbons (Fsp3) is 0.481. The van der Waals surface area contributed by atoms with E-state index in [1.54, 1.807) is 14.0 Å². The van der Waals surface area contributed by atoms with E-state index < -0.39 is 0 Å². The molecular weight excluding hydrogens is 456 g/mol. The Morgan fingerprint density at radius 3 is 2.72 bits per heavy atom. The quantitative estimate of drug-likeness (QED) is 0.714. The van der Waals surface area contributed by atoms with Gasteiger partial charge in [-0.25, -0.2) is 0 Å². The SMILES string of the molecule is CNC(=O)C1CC=C(c2ccc3c(c2)CCCN3c2nn(C3COC3)c3c2CN(C(C)=O)CC3)C=N1. The van der Waals surface area contributed by atoms with Crippen molar-refractivity contribution in [3.8, 4) is 0 Å². The Morgan fingerprint density at radius 2 is 2.03 bits per heavy atom. The van der Waals surface area contributed by atoms with Crippen LogP contribution < -0.4 is 10.2 Å². The van der Waals surface area contributed by atoms with Crippen molar-refractivity contribution in [2.45, 2.75) is 51.2 Å². The Hall–Kier alpha value is -3.46. The number of anilines is 2.